The van der Waals surface area contributed by atoms with Crippen molar-refractivity contribution in [3.05, 3.63) is 35.4 Å². The molecule has 2 fully saturated rings. The zero-order valence-electron chi connectivity index (χ0n) is 13.3. The van der Waals surface area contributed by atoms with E-state index in [9.17, 15) is 0 Å². The van der Waals surface area contributed by atoms with Gasteiger partial charge in [-0.3, -0.25) is 0 Å². The SMILES string of the molecule is CCC1CCCCC1C(N)C1C2CCc3ccccc3C21. The van der Waals surface area contributed by atoms with Gasteiger partial charge in [0.05, 0.1) is 0 Å². The average Bonchev–Trinajstić information content (AvgIpc) is 3.29. The first-order valence-electron chi connectivity index (χ1n) is 9.14. The van der Waals surface area contributed by atoms with Crippen molar-refractivity contribution in [2.45, 2.75) is 63.8 Å². The van der Waals surface area contributed by atoms with Crippen molar-refractivity contribution in [3.63, 3.8) is 0 Å². The fraction of sp³-hybridized carbons (Fsp3) is 0.700. The summed E-state index contributed by atoms with van der Waals surface area (Å²) in [7, 11) is 0. The fourth-order valence-electron chi connectivity index (χ4n) is 5.68. The van der Waals surface area contributed by atoms with Crippen LogP contribution in [0.15, 0.2) is 24.3 Å². The Balaban J connectivity index is 1.53. The predicted octanol–water partition coefficient (Wildman–Crippen LogP) is 4.51. The van der Waals surface area contributed by atoms with Crippen LogP contribution >= 0.6 is 0 Å². The maximum Gasteiger partial charge on any atom is 0.0107 e. The molecule has 114 valence electrons. The molecule has 2 saturated carbocycles. The topological polar surface area (TPSA) is 26.0 Å². The van der Waals surface area contributed by atoms with E-state index in [1.54, 1.807) is 11.1 Å². The van der Waals surface area contributed by atoms with Crippen molar-refractivity contribution in [2.24, 2.45) is 29.4 Å². The molecule has 2 N–H and O–H groups in total. The van der Waals surface area contributed by atoms with Gasteiger partial charge in [0.1, 0.15) is 0 Å². The quantitative estimate of drug-likeness (QED) is 0.868. The molecule has 6 unspecified atom stereocenters. The third-order valence-corrected chi connectivity index (χ3v) is 6.82. The van der Waals surface area contributed by atoms with Gasteiger partial charge in [0.25, 0.3) is 0 Å². The first kappa shape index (κ1) is 13.8. The van der Waals surface area contributed by atoms with Crippen LogP contribution in [-0.2, 0) is 6.42 Å². The summed E-state index contributed by atoms with van der Waals surface area (Å²) in [6.45, 7) is 2.37. The standard InChI is InChI=1S/C20H29N/c1-2-13-7-3-6-10-16(13)20(21)19-17-12-11-14-8-4-5-9-15(14)18(17)19/h4-5,8-9,13,16-20H,2-3,6-7,10-12,21H2,1H3. The fourth-order valence-corrected chi connectivity index (χ4v) is 5.68. The summed E-state index contributed by atoms with van der Waals surface area (Å²) in [5.74, 6) is 4.17. The lowest BCUT2D eigenvalue weighted by Crippen LogP contribution is -2.39. The Morgan fingerprint density at radius 2 is 1.95 bits per heavy atom. The van der Waals surface area contributed by atoms with Crippen LogP contribution in [0.25, 0.3) is 0 Å². The lowest BCUT2D eigenvalue weighted by Gasteiger charge is -2.35. The van der Waals surface area contributed by atoms with Crippen LogP contribution in [0.1, 0.15) is 62.5 Å². The van der Waals surface area contributed by atoms with Crippen molar-refractivity contribution >= 4 is 0 Å². The van der Waals surface area contributed by atoms with E-state index in [0.717, 1.165) is 29.6 Å². The van der Waals surface area contributed by atoms with Crippen LogP contribution in [0.4, 0.5) is 0 Å². The van der Waals surface area contributed by atoms with Crippen molar-refractivity contribution in [1.82, 2.24) is 0 Å². The molecule has 1 aromatic rings. The molecular formula is C20H29N. The lowest BCUT2D eigenvalue weighted by atomic mass is 9.72. The number of rotatable bonds is 3. The highest BCUT2D eigenvalue weighted by molar-refractivity contribution is 5.40. The number of fused-ring (bicyclic) bond motifs is 3. The van der Waals surface area contributed by atoms with Crippen LogP contribution in [0, 0.1) is 23.7 Å². The van der Waals surface area contributed by atoms with Gasteiger partial charge in [0.15, 0.2) is 0 Å². The Hall–Kier alpha value is -0.820. The van der Waals surface area contributed by atoms with E-state index in [0.29, 0.717) is 6.04 Å². The molecule has 4 rings (SSSR count). The maximum atomic E-state index is 6.84. The monoisotopic (exact) mass is 283 g/mol. The number of hydrogen-bond donors (Lipinski definition) is 1. The summed E-state index contributed by atoms with van der Waals surface area (Å²) in [6, 6.07) is 9.58. The number of nitrogens with two attached hydrogens (primary N) is 1. The molecule has 1 aromatic carbocycles. The molecule has 3 aliphatic carbocycles. The molecule has 0 spiro atoms. The summed E-state index contributed by atoms with van der Waals surface area (Å²) in [4.78, 5) is 0. The van der Waals surface area contributed by atoms with Gasteiger partial charge in [0.2, 0.25) is 0 Å². The van der Waals surface area contributed by atoms with Gasteiger partial charge in [-0.15, -0.1) is 0 Å². The molecule has 21 heavy (non-hydrogen) atoms. The third-order valence-electron chi connectivity index (χ3n) is 6.82. The lowest BCUT2D eigenvalue weighted by molar-refractivity contribution is 0.180. The van der Waals surface area contributed by atoms with Crippen LogP contribution in [-0.4, -0.2) is 6.04 Å². The van der Waals surface area contributed by atoms with Gasteiger partial charge in [-0.2, -0.15) is 0 Å². The van der Waals surface area contributed by atoms with Crippen LogP contribution in [0.5, 0.6) is 0 Å². The Labute approximate surface area is 129 Å². The summed E-state index contributed by atoms with van der Waals surface area (Å²) in [5, 5.41) is 0. The minimum atomic E-state index is 0.455. The molecule has 0 heterocycles. The van der Waals surface area contributed by atoms with Crippen LogP contribution in [0.3, 0.4) is 0 Å². The van der Waals surface area contributed by atoms with E-state index in [-0.39, 0.29) is 0 Å². The summed E-state index contributed by atoms with van der Waals surface area (Å²) < 4.78 is 0. The van der Waals surface area contributed by atoms with E-state index in [1.807, 2.05) is 0 Å². The van der Waals surface area contributed by atoms with Gasteiger partial charge >= 0.3 is 0 Å². The van der Waals surface area contributed by atoms with E-state index >= 15 is 0 Å². The molecule has 0 aromatic heterocycles. The molecule has 1 nitrogen and oxygen atoms in total. The molecule has 0 saturated heterocycles. The molecule has 6 atom stereocenters. The summed E-state index contributed by atoms with van der Waals surface area (Å²) in [5.41, 5.74) is 10.1. The van der Waals surface area contributed by atoms with E-state index in [4.69, 9.17) is 5.73 Å². The van der Waals surface area contributed by atoms with Gasteiger partial charge in [0, 0.05) is 6.04 Å². The van der Waals surface area contributed by atoms with Crippen molar-refractivity contribution in [1.29, 1.82) is 0 Å². The number of aryl methyl sites for hydroxylation is 1. The molecule has 3 aliphatic rings. The predicted molar refractivity (Wildman–Crippen MR) is 88.2 cm³/mol. The van der Waals surface area contributed by atoms with Crippen LogP contribution in [0.2, 0.25) is 0 Å². The van der Waals surface area contributed by atoms with Crippen LogP contribution < -0.4 is 5.73 Å². The van der Waals surface area contributed by atoms with Gasteiger partial charge < -0.3 is 5.73 Å². The molecular weight excluding hydrogens is 254 g/mol. The Morgan fingerprint density at radius 3 is 2.81 bits per heavy atom. The molecule has 1 heteroatoms. The molecule has 0 aliphatic heterocycles. The Morgan fingerprint density at radius 1 is 1.14 bits per heavy atom. The van der Waals surface area contributed by atoms with Gasteiger partial charge in [-0.1, -0.05) is 56.9 Å². The third kappa shape index (κ3) is 2.25. The number of hydrogen-bond acceptors (Lipinski definition) is 1. The second-order valence-electron chi connectivity index (χ2n) is 7.70. The second kappa shape index (κ2) is 5.43. The Bertz CT molecular complexity index is 508. The second-order valence-corrected chi connectivity index (χ2v) is 7.70. The molecule has 0 radical (unpaired) electrons. The van der Waals surface area contributed by atoms with Crippen molar-refractivity contribution < 1.29 is 0 Å². The Kier molecular flexibility index (Phi) is 3.57. The normalized spacial score (nSPS) is 39.2. The zero-order chi connectivity index (χ0) is 14.4. The first-order valence-corrected chi connectivity index (χ1v) is 9.14. The minimum absolute atomic E-state index is 0.455. The maximum absolute atomic E-state index is 6.84. The van der Waals surface area contributed by atoms with Gasteiger partial charge in [-0.05, 0) is 60.0 Å². The van der Waals surface area contributed by atoms with E-state index in [1.165, 1.54) is 44.9 Å². The first-order chi connectivity index (χ1) is 10.3. The highest BCUT2D eigenvalue weighted by Gasteiger charge is 2.57. The number of benzene rings is 1. The largest absolute Gasteiger partial charge is 0.327 e. The molecule has 0 amide bonds. The van der Waals surface area contributed by atoms with Crippen molar-refractivity contribution in [3.8, 4) is 0 Å². The van der Waals surface area contributed by atoms with E-state index < -0.39 is 0 Å². The van der Waals surface area contributed by atoms with Crippen molar-refractivity contribution in [2.75, 3.05) is 0 Å². The average molecular weight is 283 g/mol. The van der Waals surface area contributed by atoms with Gasteiger partial charge in [-0.25, -0.2) is 0 Å². The zero-order valence-corrected chi connectivity index (χ0v) is 13.3. The highest BCUT2D eigenvalue weighted by Crippen LogP contribution is 2.62. The smallest absolute Gasteiger partial charge is 0.0107 e. The summed E-state index contributed by atoms with van der Waals surface area (Å²) >= 11 is 0. The molecule has 0 bridgehead atoms. The van der Waals surface area contributed by atoms with E-state index in [2.05, 4.69) is 31.2 Å². The summed E-state index contributed by atoms with van der Waals surface area (Å²) in [6.07, 6.45) is 9.64. The minimum Gasteiger partial charge on any atom is -0.327 e. The highest BCUT2D eigenvalue weighted by atomic mass is 14.8.